The molecule has 1 aromatic heterocycles. The Hall–Kier alpha value is -2.41. The first kappa shape index (κ1) is 16.4. The van der Waals surface area contributed by atoms with Crippen molar-refractivity contribution in [1.29, 1.82) is 0 Å². The third-order valence-electron chi connectivity index (χ3n) is 4.75. The Morgan fingerprint density at radius 1 is 1.46 bits per heavy atom. The van der Waals surface area contributed by atoms with Crippen LogP contribution in [-0.4, -0.2) is 38.5 Å². The SMILES string of the molecule is CC1(CO)CCCC1NC(=O)c1nn(-c2ccc(F)cc2)cc1O. The van der Waals surface area contributed by atoms with Crippen molar-refractivity contribution in [2.75, 3.05) is 6.61 Å². The molecule has 1 fully saturated rings. The zero-order valence-corrected chi connectivity index (χ0v) is 13.4. The summed E-state index contributed by atoms with van der Waals surface area (Å²) in [5.74, 6) is -1.11. The Morgan fingerprint density at radius 3 is 2.83 bits per heavy atom. The molecule has 128 valence electrons. The number of nitrogens with zero attached hydrogens (tertiary/aromatic N) is 2. The van der Waals surface area contributed by atoms with E-state index in [0.29, 0.717) is 5.69 Å². The largest absolute Gasteiger partial charge is 0.504 e. The second-order valence-electron chi connectivity index (χ2n) is 6.51. The van der Waals surface area contributed by atoms with Gasteiger partial charge in [0.15, 0.2) is 11.4 Å². The van der Waals surface area contributed by atoms with Gasteiger partial charge in [-0.15, -0.1) is 0 Å². The fourth-order valence-electron chi connectivity index (χ4n) is 3.15. The number of hydrogen-bond acceptors (Lipinski definition) is 4. The van der Waals surface area contributed by atoms with E-state index in [2.05, 4.69) is 10.4 Å². The number of aromatic nitrogens is 2. The molecule has 0 radical (unpaired) electrons. The zero-order valence-electron chi connectivity index (χ0n) is 13.4. The minimum atomic E-state index is -0.486. The molecule has 2 unspecified atom stereocenters. The molecule has 1 saturated carbocycles. The van der Waals surface area contributed by atoms with E-state index < -0.39 is 5.91 Å². The molecule has 0 spiro atoms. The molecule has 3 rings (SSSR count). The predicted octanol–water partition coefficient (Wildman–Crippen LogP) is 2.00. The molecule has 1 aromatic carbocycles. The summed E-state index contributed by atoms with van der Waals surface area (Å²) < 4.78 is 14.3. The van der Waals surface area contributed by atoms with Crippen LogP contribution in [0, 0.1) is 11.2 Å². The van der Waals surface area contributed by atoms with E-state index in [1.807, 2.05) is 6.92 Å². The number of aliphatic hydroxyl groups is 1. The van der Waals surface area contributed by atoms with Crippen molar-refractivity contribution >= 4 is 5.91 Å². The molecular weight excluding hydrogens is 313 g/mol. The van der Waals surface area contributed by atoms with Crippen LogP contribution in [0.3, 0.4) is 0 Å². The Bertz CT molecular complexity index is 744. The monoisotopic (exact) mass is 333 g/mol. The molecule has 6 nitrogen and oxygen atoms in total. The van der Waals surface area contributed by atoms with Crippen molar-refractivity contribution in [1.82, 2.24) is 15.1 Å². The lowest BCUT2D eigenvalue weighted by Crippen LogP contribution is -2.44. The van der Waals surface area contributed by atoms with Crippen molar-refractivity contribution in [2.24, 2.45) is 5.41 Å². The summed E-state index contributed by atoms with van der Waals surface area (Å²) in [6.45, 7) is 1.93. The first-order valence-electron chi connectivity index (χ1n) is 7.89. The van der Waals surface area contributed by atoms with E-state index in [0.717, 1.165) is 19.3 Å². The number of carbonyl (C=O) groups excluding carboxylic acids is 1. The maximum Gasteiger partial charge on any atom is 0.275 e. The van der Waals surface area contributed by atoms with Crippen LogP contribution >= 0.6 is 0 Å². The maximum atomic E-state index is 13.0. The molecule has 1 heterocycles. The number of amides is 1. The number of hydrogen-bond donors (Lipinski definition) is 3. The van der Waals surface area contributed by atoms with E-state index >= 15 is 0 Å². The Balaban J connectivity index is 1.80. The fourth-order valence-corrected chi connectivity index (χ4v) is 3.15. The van der Waals surface area contributed by atoms with Crippen LogP contribution in [-0.2, 0) is 0 Å². The number of benzene rings is 1. The van der Waals surface area contributed by atoms with Crippen LogP contribution in [0.2, 0.25) is 0 Å². The summed E-state index contributed by atoms with van der Waals surface area (Å²) in [6.07, 6.45) is 3.85. The Kier molecular flexibility index (Phi) is 4.28. The Labute approximate surface area is 138 Å². The number of halogens is 1. The third kappa shape index (κ3) is 2.99. The summed E-state index contributed by atoms with van der Waals surface area (Å²) in [7, 11) is 0. The van der Waals surface area contributed by atoms with Crippen molar-refractivity contribution in [3.63, 3.8) is 0 Å². The van der Waals surface area contributed by atoms with Gasteiger partial charge in [-0.1, -0.05) is 13.3 Å². The predicted molar refractivity (Wildman–Crippen MR) is 85.5 cm³/mol. The van der Waals surface area contributed by atoms with Gasteiger partial charge < -0.3 is 15.5 Å². The molecule has 2 atom stereocenters. The van der Waals surface area contributed by atoms with Crippen LogP contribution in [0.25, 0.3) is 5.69 Å². The van der Waals surface area contributed by atoms with Gasteiger partial charge in [0.25, 0.3) is 5.91 Å². The molecule has 7 heteroatoms. The van der Waals surface area contributed by atoms with Crippen LogP contribution < -0.4 is 5.32 Å². The van der Waals surface area contributed by atoms with Crippen LogP contribution in [0.1, 0.15) is 36.7 Å². The molecule has 3 N–H and O–H groups in total. The molecule has 0 saturated heterocycles. The van der Waals surface area contributed by atoms with Gasteiger partial charge in [0.05, 0.1) is 18.5 Å². The van der Waals surface area contributed by atoms with Crippen LogP contribution in [0.5, 0.6) is 5.75 Å². The van der Waals surface area contributed by atoms with Crippen molar-refractivity contribution in [3.05, 3.63) is 42.0 Å². The molecule has 0 bridgehead atoms. The van der Waals surface area contributed by atoms with E-state index in [4.69, 9.17) is 0 Å². The van der Waals surface area contributed by atoms with Crippen molar-refractivity contribution in [3.8, 4) is 11.4 Å². The van der Waals surface area contributed by atoms with Crippen molar-refractivity contribution < 1.29 is 19.4 Å². The highest BCUT2D eigenvalue weighted by atomic mass is 19.1. The lowest BCUT2D eigenvalue weighted by atomic mass is 9.86. The highest BCUT2D eigenvalue weighted by molar-refractivity contribution is 5.95. The minimum absolute atomic E-state index is 0.00600. The topological polar surface area (TPSA) is 87.4 Å². The first-order valence-corrected chi connectivity index (χ1v) is 7.89. The second kappa shape index (κ2) is 6.24. The average molecular weight is 333 g/mol. The van der Waals surface area contributed by atoms with E-state index in [1.165, 1.54) is 35.1 Å². The number of aromatic hydroxyl groups is 1. The summed E-state index contributed by atoms with van der Waals surface area (Å²) in [5, 5.41) is 26.5. The highest BCUT2D eigenvalue weighted by Crippen LogP contribution is 2.37. The van der Waals surface area contributed by atoms with E-state index in [9.17, 15) is 19.4 Å². The summed E-state index contributed by atoms with van der Waals surface area (Å²) in [6, 6.07) is 5.40. The minimum Gasteiger partial charge on any atom is -0.504 e. The normalized spacial score (nSPS) is 23.4. The van der Waals surface area contributed by atoms with Gasteiger partial charge in [-0.2, -0.15) is 5.10 Å². The lowest BCUT2D eigenvalue weighted by Gasteiger charge is -2.29. The van der Waals surface area contributed by atoms with Gasteiger partial charge in [0.1, 0.15) is 5.82 Å². The van der Waals surface area contributed by atoms with Crippen LogP contribution in [0.4, 0.5) is 4.39 Å². The fraction of sp³-hybridized carbons (Fsp3) is 0.412. The molecule has 2 aromatic rings. The van der Waals surface area contributed by atoms with E-state index in [-0.39, 0.29) is 35.3 Å². The lowest BCUT2D eigenvalue weighted by molar-refractivity contribution is 0.0823. The van der Waals surface area contributed by atoms with Gasteiger partial charge in [-0.05, 0) is 37.1 Å². The summed E-state index contributed by atoms with van der Waals surface area (Å²) >= 11 is 0. The first-order chi connectivity index (χ1) is 11.4. The van der Waals surface area contributed by atoms with Gasteiger partial charge in [0.2, 0.25) is 0 Å². The number of nitrogens with one attached hydrogen (secondary N) is 1. The van der Waals surface area contributed by atoms with Gasteiger partial charge in [-0.25, -0.2) is 9.07 Å². The second-order valence-corrected chi connectivity index (χ2v) is 6.51. The number of aliphatic hydroxyl groups excluding tert-OH is 1. The summed E-state index contributed by atoms with van der Waals surface area (Å²) in [4.78, 5) is 12.4. The summed E-state index contributed by atoms with van der Waals surface area (Å²) in [5.41, 5.74) is 0.0865. The molecule has 0 aliphatic heterocycles. The van der Waals surface area contributed by atoms with E-state index in [1.54, 1.807) is 0 Å². The van der Waals surface area contributed by atoms with Gasteiger partial charge in [0, 0.05) is 11.5 Å². The molecule has 24 heavy (non-hydrogen) atoms. The third-order valence-corrected chi connectivity index (χ3v) is 4.75. The Morgan fingerprint density at radius 2 is 2.17 bits per heavy atom. The zero-order chi connectivity index (χ0) is 17.3. The molecular formula is C17H20FN3O3. The standard InChI is InChI=1S/C17H20FN3O3/c1-17(10-22)8-2-3-14(17)19-16(24)15-13(23)9-21(20-15)12-6-4-11(18)5-7-12/h4-7,9,14,22-23H,2-3,8,10H2,1H3,(H,19,24). The maximum absolute atomic E-state index is 13.0. The number of rotatable bonds is 4. The van der Waals surface area contributed by atoms with Gasteiger partial charge in [-0.3, -0.25) is 4.79 Å². The van der Waals surface area contributed by atoms with Gasteiger partial charge >= 0.3 is 0 Å². The molecule has 1 amide bonds. The molecule has 1 aliphatic rings. The number of carbonyl (C=O) groups is 1. The molecule has 1 aliphatic carbocycles. The smallest absolute Gasteiger partial charge is 0.275 e. The van der Waals surface area contributed by atoms with Crippen LogP contribution in [0.15, 0.2) is 30.5 Å². The quantitative estimate of drug-likeness (QED) is 0.798. The average Bonchev–Trinajstić information content (AvgIpc) is 3.12. The van der Waals surface area contributed by atoms with Crippen molar-refractivity contribution in [2.45, 2.75) is 32.2 Å². The highest BCUT2D eigenvalue weighted by Gasteiger charge is 2.39.